The van der Waals surface area contributed by atoms with Crippen molar-refractivity contribution >= 4 is 17.7 Å². The van der Waals surface area contributed by atoms with Crippen LogP contribution in [0.4, 0.5) is 0 Å². The van der Waals surface area contributed by atoms with Crippen LogP contribution >= 0.6 is 11.8 Å². The van der Waals surface area contributed by atoms with Crippen molar-refractivity contribution in [1.82, 2.24) is 20.1 Å². The van der Waals surface area contributed by atoms with Crippen LogP contribution in [0.2, 0.25) is 0 Å². The number of rotatable bonds is 9. The molecule has 1 heterocycles. The van der Waals surface area contributed by atoms with Gasteiger partial charge in [-0.3, -0.25) is 9.36 Å². The number of hydrogen-bond donors (Lipinski definition) is 1. The van der Waals surface area contributed by atoms with Crippen molar-refractivity contribution in [3.63, 3.8) is 0 Å². The monoisotopic (exact) mass is 464 g/mol. The molecule has 7 heteroatoms. The number of carbonyl (C=O) groups is 1. The maximum absolute atomic E-state index is 12.7. The van der Waals surface area contributed by atoms with E-state index in [0.717, 1.165) is 35.1 Å². The quantitative estimate of drug-likeness (QED) is 0.400. The Bertz CT molecular complexity index is 1020. The Morgan fingerprint density at radius 3 is 2.39 bits per heavy atom. The first-order valence-corrected chi connectivity index (χ1v) is 12.7. The highest BCUT2D eigenvalue weighted by Crippen LogP contribution is 2.35. The zero-order valence-electron chi connectivity index (χ0n) is 19.3. The second-order valence-corrected chi connectivity index (χ2v) is 9.51. The van der Waals surface area contributed by atoms with E-state index < -0.39 is 0 Å². The number of thioether (sulfide) groups is 1. The van der Waals surface area contributed by atoms with Crippen LogP contribution in [0.25, 0.3) is 0 Å². The summed E-state index contributed by atoms with van der Waals surface area (Å²) in [6.45, 7) is 4.02. The predicted octanol–water partition coefficient (Wildman–Crippen LogP) is 5.89. The minimum Gasteiger partial charge on any atom is -0.483 e. The summed E-state index contributed by atoms with van der Waals surface area (Å²) in [7, 11) is 0. The number of amides is 1. The summed E-state index contributed by atoms with van der Waals surface area (Å²) >= 11 is 1.45. The second-order valence-electron chi connectivity index (χ2n) is 8.56. The zero-order chi connectivity index (χ0) is 23.0. The van der Waals surface area contributed by atoms with Crippen LogP contribution in [0, 0.1) is 0 Å². The van der Waals surface area contributed by atoms with Crippen molar-refractivity contribution in [2.75, 3.05) is 5.75 Å². The molecular weight excluding hydrogens is 432 g/mol. The lowest BCUT2D eigenvalue weighted by atomic mass is 9.95. The fraction of sp³-hybridized carbons (Fsp3) is 0.423. The number of para-hydroxylation sites is 1. The van der Waals surface area contributed by atoms with Gasteiger partial charge >= 0.3 is 0 Å². The average Bonchev–Trinajstić information content (AvgIpc) is 3.29. The van der Waals surface area contributed by atoms with Crippen molar-refractivity contribution in [3.05, 3.63) is 72.1 Å². The smallest absolute Gasteiger partial charge is 0.230 e. The number of carbonyl (C=O) groups excluding carboxylic acids is 1. The third kappa shape index (κ3) is 6.16. The molecule has 6 nitrogen and oxygen atoms in total. The van der Waals surface area contributed by atoms with Crippen LogP contribution in [-0.4, -0.2) is 26.4 Å². The summed E-state index contributed by atoms with van der Waals surface area (Å²) in [5.41, 5.74) is 1.09. The van der Waals surface area contributed by atoms with Crippen molar-refractivity contribution in [1.29, 1.82) is 0 Å². The molecule has 2 atom stereocenters. The standard InChI is InChI=1S/C26H32N4O2S/c1-19(21-12-6-3-7-13-21)27-24(31)18-33-26-29-28-25(30(26)22-14-8-4-9-15-22)20(2)32-23-16-10-5-11-17-23/h3,5-7,10-13,16-17,19-20,22H,4,8-9,14-15,18H2,1-2H3,(H,27,31). The minimum atomic E-state index is -0.233. The van der Waals surface area contributed by atoms with Crippen LogP contribution in [-0.2, 0) is 4.79 Å². The van der Waals surface area contributed by atoms with Crippen LogP contribution in [0.5, 0.6) is 5.75 Å². The van der Waals surface area contributed by atoms with Gasteiger partial charge in [-0.1, -0.05) is 79.6 Å². The molecule has 1 N–H and O–H groups in total. The van der Waals surface area contributed by atoms with Crippen molar-refractivity contribution < 1.29 is 9.53 Å². The number of benzene rings is 2. The van der Waals surface area contributed by atoms with E-state index in [-0.39, 0.29) is 18.1 Å². The Labute approximate surface area is 200 Å². The summed E-state index contributed by atoms with van der Waals surface area (Å²) in [4.78, 5) is 12.7. The van der Waals surface area contributed by atoms with Gasteiger partial charge in [-0.05, 0) is 44.4 Å². The maximum Gasteiger partial charge on any atom is 0.230 e. The summed E-state index contributed by atoms with van der Waals surface area (Å²) < 4.78 is 8.39. The van der Waals surface area contributed by atoms with Crippen molar-refractivity contribution in [3.8, 4) is 5.75 Å². The van der Waals surface area contributed by atoms with Gasteiger partial charge in [0.15, 0.2) is 17.1 Å². The molecule has 0 radical (unpaired) electrons. The van der Waals surface area contributed by atoms with Gasteiger partial charge in [0.25, 0.3) is 0 Å². The molecule has 0 saturated heterocycles. The number of nitrogens with zero attached hydrogens (tertiary/aromatic N) is 3. The minimum absolute atomic E-state index is 0.00955. The Balaban J connectivity index is 1.46. The molecule has 0 bridgehead atoms. The highest BCUT2D eigenvalue weighted by Gasteiger charge is 2.27. The topological polar surface area (TPSA) is 69.0 Å². The summed E-state index contributed by atoms with van der Waals surface area (Å²) in [6, 6.07) is 20.1. The van der Waals surface area contributed by atoms with Gasteiger partial charge in [0.1, 0.15) is 5.75 Å². The van der Waals surface area contributed by atoms with E-state index in [1.165, 1.54) is 31.0 Å². The third-order valence-corrected chi connectivity index (χ3v) is 7.00. The summed E-state index contributed by atoms with van der Waals surface area (Å²) in [5.74, 6) is 1.93. The first-order valence-electron chi connectivity index (χ1n) is 11.8. The lowest BCUT2D eigenvalue weighted by Gasteiger charge is -2.27. The first kappa shape index (κ1) is 23.4. The second kappa shape index (κ2) is 11.4. The Morgan fingerprint density at radius 1 is 1.03 bits per heavy atom. The van der Waals surface area contributed by atoms with Gasteiger partial charge in [0, 0.05) is 6.04 Å². The van der Waals surface area contributed by atoms with Crippen LogP contribution in [0.15, 0.2) is 65.8 Å². The molecule has 1 aliphatic carbocycles. The lowest BCUT2D eigenvalue weighted by molar-refractivity contribution is -0.119. The molecule has 2 aromatic carbocycles. The Kier molecular flexibility index (Phi) is 8.05. The molecule has 1 saturated carbocycles. The zero-order valence-corrected chi connectivity index (χ0v) is 20.1. The molecule has 0 spiro atoms. The van der Waals surface area contributed by atoms with Gasteiger partial charge in [-0.15, -0.1) is 10.2 Å². The van der Waals surface area contributed by atoms with E-state index in [1.54, 1.807) is 0 Å². The van der Waals surface area contributed by atoms with Crippen molar-refractivity contribution in [2.24, 2.45) is 0 Å². The third-order valence-electron chi connectivity index (χ3n) is 6.06. The molecule has 1 aromatic heterocycles. The van der Waals surface area contributed by atoms with Gasteiger partial charge in [0.05, 0.1) is 11.8 Å². The largest absolute Gasteiger partial charge is 0.483 e. The van der Waals surface area contributed by atoms with Gasteiger partial charge < -0.3 is 10.1 Å². The number of nitrogens with one attached hydrogen (secondary N) is 1. The van der Waals surface area contributed by atoms with E-state index in [4.69, 9.17) is 4.74 Å². The van der Waals surface area contributed by atoms with E-state index >= 15 is 0 Å². The fourth-order valence-electron chi connectivity index (χ4n) is 4.34. The average molecular weight is 465 g/mol. The highest BCUT2D eigenvalue weighted by atomic mass is 32.2. The van der Waals surface area contributed by atoms with Crippen molar-refractivity contribution in [2.45, 2.75) is 69.3 Å². The van der Waals surface area contributed by atoms with E-state index in [2.05, 4.69) is 20.1 Å². The lowest BCUT2D eigenvalue weighted by Crippen LogP contribution is -2.28. The Morgan fingerprint density at radius 2 is 1.70 bits per heavy atom. The molecule has 174 valence electrons. The van der Waals surface area contributed by atoms with Crippen LogP contribution in [0.3, 0.4) is 0 Å². The molecule has 1 fully saturated rings. The Hall–Kier alpha value is -2.80. The molecule has 3 aromatic rings. The molecule has 33 heavy (non-hydrogen) atoms. The van der Waals surface area contributed by atoms with E-state index in [0.29, 0.717) is 11.8 Å². The van der Waals surface area contributed by atoms with Gasteiger partial charge in [0.2, 0.25) is 5.91 Å². The molecule has 4 rings (SSSR count). The summed E-state index contributed by atoms with van der Waals surface area (Å²) in [6.07, 6.45) is 5.65. The predicted molar refractivity (Wildman–Crippen MR) is 131 cm³/mol. The molecule has 0 aliphatic heterocycles. The van der Waals surface area contributed by atoms with Gasteiger partial charge in [-0.2, -0.15) is 0 Å². The normalized spacial score (nSPS) is 16.2. The SMILES string of the molecule is CC(NC(=O)CSc1nnc(C(C)Oc2ccccc2)n1C1CCCCC1)c1ccccc1. The first-order chi connectivity index (χ1) is 16.1. The van der Waals surface area contributed by atoms with E-state index in [1.807, 2.05) is 74.5 Å². The van der Waals surface area contributed by atoms with Crippen LogP contribution in [0.1, 0.15) is 75.5 Å². The highest BCUT2D eigenvalue weighted by molar-refractivity contribution is 7.99. The molecule has 1 amide bonds. The summed E-state index contributed by atoms with van der Waals surface area (Å²) in [5, 5.41) is 12.9. The number of hydrogen-bond acceptors (Lipinski definition) is 5. The fourth-order valence-corrected chi connectivity index (χ4v) is 5.16. The number of ether oxygens (including phenoxy) is 1. The number of aromatic nitrogens is 3. The molecular formula is C26H32N4O2S. The molecule has 2 unspecified atom stereocenters. The van der Waals surface area contributed by atoms with Gasteiger partial charge in [-0.25, -0.2) is 0 Å². The van der Waals surface area contributed by atoms with Crippen LogP contribution < -0.4 is 10.1 Å². The maximum atomic E-state index is 12.7. The molecule has 1 aliphatic rings. The van der Waals surface area contributed by atoms with E-state index in [9.17, 15) is 4.79 Å².